The lowest BCUT2D eigenvalue weighted by molar-refractivity contribution is -0.143. The summed E-state index contributed by atoms with van der Waals surface area (Å²) in [5.74, 6) is -1.26. The van der Waals surface area contributed by atoms with Crippen LogP contribution >= 0.6 is 33.9 Å². The number of carboxylic acids is 1. The molecule has 4 nitrogen and oxygen atoms in total. The lowest BCUT2D eigenvalue weighted by Gasteiger charge is -2.36. The van der Waals surface area contributed by atoms with E-state index in [0.717, 1.165) is 20.4 Å². The van der Waals surface area contributed by atoms with Crippen molar-refractivity contribution in [3.8, 4) is 0 Å². The van der Waals surface area contributed by atoms with E-state index >= 15 is 0 Å². The molecule has 0 spiro atoms. The highest BCUT2D eigenvalue weighted by molar-refractivity contribution is 14.1. The molecule has 0 aliphatic carbocycles. The van der Waals surface area contributed by atoms with Crippen LogP contribution in [0.3, 0.4) is 0 Å². The molecule has 1 fully saturated rings. The van der Waals surface area contributed by atoms with E-state index in [-0.39, 0.29) is 11.9 Å². The minimum Gasteiger partial charge on any atom is -0.481 e. The number of nitrogens with zero attached hydrogens (tertiary/aromatic N) is 1. The predicted octanol–water partition coefficient (Wildman–Crippen LogP) is 2.99. The summed E-state index contributed by atoms with van der Waals surface area (Å²) >= 11 is 3.63. The molecule has 0 radical (unpaired) electrons. The molecule has 1 N–H and O–H groups in total. The number of carbonyl (C=O) groups excluding carboxylic acids is 1. The summed E-state index contributed by atoms with van der Waals surface area (Å²) in [5, 5.41) is 11.1. The molecule has 19 heavy (non-hydrogen) atoms. The van der Waals surface area contributed by atoms with Gasteiger partial charge in [0.1, 0.15) is 4.88 Å². The Kier molecular flexibility index (Phi) is 4.50. The van der Waals surface area contributed by atoms with E-state index in [0.29, 0.717) is 13.0 Å². The second kappa shape index (κ2) is 5.78. The fraction of sp³-hybridized carbons (Fsp3) is 0.538. The molecule has 2 rings (SSSR count). The second-order valence-electron chi connectivity index (χ2n) is 4.98. The number of hydrogen-bond donors (Lipinski definition) is 1. The number of rotatable bonds is 2. The van der Waals surface area contributed by atoms with Crippen LogP contribution in [0.1, 0.15) is 35.0 Å². The number of aliphatic carboxylic acids is 1. The highest BCUT2D eigenvalue weighted by Gasteiger charge is 2.34. The number of aryl methyl sites for hydroxylation is 1. The van der Waals surface area contributed by atoms with Crippen LogP contribution in [0.5, 0.6) is 0 Å². The van der Waals surface area contributed by atoms with E-state index < -0.39 is 11.9 Å². The van der Waals surface area contributed by atoms with Gasteiger partial charge < -0.3 is 10.0 Å². The van der Waals surface area contributed by atoms with Crippen molar-refractivity contribution in [2.45, 2.75) is 32.7 Å². The normalized spacial score (nSPS) is 23.4. The number of carboxylic acid groups (broad SMARTS) is 1. The van der Waals surface area contributed by atoms with Gasteiger partial charge in [-0.05, 0) is 60.2 Å². The first-order valence-corrected chi connectivity index (χ1v) is 8.15. The van der Waals surface area contributed by atoms with Gasteiger partial charge in [0.2, 0.25) is 0 Å². The van der Waals surface area contributed by atoms with E-state index in [4.69, 9.17) is 5.11 Å². The highest BCUT2D eigenvalue weighted by Crippen LogP contribution is 2.29. The molecule has 1 aliphatic heterocycles. The van der Waals surface area contributed by atoms with Gasteiger partial charge in [-0.1, -0.05) is 0 Å². The Hall–Kier alpha value is -0.630. The summed E-state index contributed by atoms with van der Waals surface area (Å²) in [6.45, 7) is 4.29. The van der Waals surface area contributed by atoms with Crippen LogP contribution in [0.2, 0.25) is 0 Å². The van der Waals surface area contributed by atoms with Crippen molar-refractivity contribution in [1.82, 2.24) is 4.90 Å². The van der Waals surface area contributed by atoms with Crippen LogP contribution in [0, 0.1) is 16.4 Å². The van der Waals surface area contributed by atoms with E-state index in [1.54, 1.807) is 4.90 Å². The standard InChI is InChI=1S/C13H16INO3S/c1-7-6-19-11(10(7)14)12(16)15-5-9(13(17)18)4-3-8(15)2/h6,8-9H,3-5H2,1-2H3,(H,17,18). The Morgan fingerprint density at radius 2 is 2.16 bits per heavy atom. The van der Waals surface area contributed by atoms with Crippen LogP contribution in [-0.4, -0.2) is 34.5 Å². The first kappa shape index (κ1) is 14.8. The maximum Gasteiger partial charge on any atom is 0.308 e. The zero-order valence-electron chi connectivity index (χ0n) is 10.9. The number of likely N-dealkylation sites (tertiary alicyclic amines) is 1. The predicted molar refractivity (Wildman–Crippen MR) is 82.6 cm³/mol. The van der Waals surface area contributed by atoms with Crippen molar-refractivity contribution >= 4 is 45.8 Å². The Labute approximate surface area is 129 Å². The van der Waals surface area contributed by atoms with Gasteiger partial charge in [0.15, 0.2) is 0 Å². The van der Waals surface area contributed by atoms with Crippen LogP contribution in [-0.2, 0) is 4.79 Å². The lowest BCUT2D eigenvalue weighted by Crippen LogP contribution is -2.47. The quantitative estimate of drug-likeness (QED) is 0.787. The van der Waals surface area contributed by atoms with Crippen molar-refractivity contribution in [2.24, 2.45) is 5.92 Å². The summed E-state index contributed by atoms with van der Waals surface area (Å²) < 4.78 is 0.984. The van der Waals surface area contributed by atoms with Crippen molar-refractivity contribution in [2.75, 3.05) is 6.54 Å². The van der Waals surface area contributed by atoms with Gasteiger partial charge in [-0.25, -0.2) is 0 Å². The molecule has 2 unspecified atom stereocenters. The molecule has 2 heterocycles. The van der Waals surface area contributed by atoms with Crippen molar-refractivity contribution in [1.29, 1.82) is 0 Å². The summed E-state index contributed by atoms with van der Waals surface area (Å²) in [6.07, 6.45) is 1.41. The van der Waals surface area contributed by atoms with Crippen molar-refractivity contribution in [3.05, 3.63) is 19.4 Å². The molecule has 104 valence electrons. The Morgan fingerprint density at radius 3 is 2.68 bits per heavy atom. The van der Waals surface area contributed by atoms with Gasteiger partial charge in [0.25, 0.3) is 5.91 Å². The van der Waals surface area contributed by atoms with Crippen molar-refractivity contribution in [3.63, 3.8) is 0 Å². The van der Waals surface area contributed by atoms with E-state index in [1.165, 1.54) is 11.3 Å². The van der Waals surface area contributed by atoms with Crippen LogP contribution in [0.4, 0.5) is 0 Å². The average molecular weight is 393 g/mol. The fourth-order valence-electron chi connectivity index (χ4n) is 2.30. The molecule has 6 heteroatoms. The first-order chi connectivity index (χ1) is 8.91. The zero-order valence-corrected chi connectivity index (χ0v) is 13.8. The van der Waals surface area contributed by atoms with E-state index in [2.05, 4.69) is 22.6 Å². The topological polar surface area (TPSA) is 57.6 Å². The summed E-state index contributed by atoms with van der Waals surface area (Å²) in [4.78, 5) is 26.1. The van der Waals surface area contributed by atoms with Crippen LogP contribution in [0.15, 0.2) is 5.38 Å². The summed E-state index contributed by atoms with van der Waals surface area (Å²) in [6, 6.07) is 0.112. The largest absolute Gasteiger partial charge is 0.481 e. The Bertz CT molecular complexity index is 514. The smallest absolute Gasteiger partial charge is 0.308 e. The third kappa shape index (κ3) is 2.94. The summed E-state index contributed by atoms with van der Waals surface area (Å²) in [7, 11) is 0. The van der Waals surface area contributed by atoms with Crippen LogP contribution in [0.25, 0.3) is 0 Å². The molecule has 1 aromatic rings. The van der Waals surface area contributed by atoms with Gasteiger partial charge in [-0.15, -0.1) is 11.3 Å². The third-order valence-corrected chi connectivity index (χ3v) is 6.43. The summed E-state index contributed by atoms with van der Waals surface area (Å²) in [5.41, 5.74) is 1.10. The molecule has 0 aromatic carbocycles. The minimum absolute atomic E-state index is 0.0269. The minimum atomic E-state index is -0.804. The number of carbonyl (C=O) groups is 2. The highest BCUT2D eigenvalue weighted by atomic mass is 127. The molecule has 1 aliphatic rings. The number of thiophene rings is 1. The van der Waals surface area contributed by atoms with Crippen LogP contribution < -0.4 is 0 Å². The van der Waals surface area contributed by atoms with Gasteiger partial charge in [-0.2, -0.15) is 0 Å². The molecular formula is C13H16INO3S. The van der Waals surface area contributed by atoms with E-state index in [1.807, 2.05) is 19.2 Å². The maximum atomic E-state index is 12.6. The molecular weight excluding hydrogens is 377 g/mol. The third-order valence-electron chi connectivity index (χ3n) is 3.59. The molecule has 0 bridgehead atoms. The molecule has 0 saturated carbocycles. The van der Waals surface area contributed by atoms with Gasteiger partial charge in [0.05, 0.1) is 5.92 Å². The average Bonchev–Trinajstić information content (AvgIpc) is 2.69. The van der Waals surface area contributed by atoms with Gasteiger partial charge >= 0.3 is 5.97 Å². The fourth-order valence-corrected chi connectivity index (χ4v) is 4.17. The zero-order chi connectivity index (χ0) is 14.2. The Morgan fingerprint density at radius 1 is 1.47 bits per heavy atom. The molecule has 1 aromatic heterocycles. The van der Waals surface area contributed by atoms with Crippen molar-refractivity contribution < 1.29 is 14.7 Å². The molecule has 2 atom stereocenters. The number of hydrogen-bond acceptors (Lipinski definition) is 3. The second-order valence-corrected chi connectivity index (χ2v) is 6.94. The SMILES string of the molecule is Cc1csc(C(=O)N2CC(C(=O)O)CCC2C)c1I. The lowest BCUT2D eigenvalue weighted by atomic mass is 9.93. The first-order valence-electron chi connectivity index (χ1n) is 6.19. The number of halogens is 1. The number of piperidine rings is 1. The monoisotopic (exact) mass is 393 g/mol. The molecule has 1 saturated heterocycles. The van der Waals surface area contributed by atoms with E-state index in [9.17, 15) is 9.59 Å². The van der Waals surface area contributed by atoms with Gasteiger partial charge in [-0.3, -0.25) is 9.59 Å². The van der Waals surface area contributed by atoms with Gasteiger partial charge in [0, 0.05) is 16.2 Å². The molecule has 1 amide bonds. The Balaban J connectivity index is 2.21. The number of amides is 1. The maximum absolute atomic E-state index is 12.6.